The van der Waals surface area contributed by atoms with Gasteiger partial charge in [-0.15, -0.1) is 0 Å². The molecule has 0 amide bonds. The molecule has 0 spiro atoms. The number of ether oxygens (including phenoxy) is 2. The Hall–Kier alpha value is -1.75. The molecule has 4 fully saturated rings. The lowest BCUT2D eigenvalue weighted by Crippen LogP contribution is -2.64. The van der Waals surface area contributed by atoms with Gasteiger partial charge >= 0.3 is 0 Å². The normalized spacial score (nSPS) is 31.1. The van der Waals surface area contributed by atoms with E-state index >= 15 is 0 Å². The van der Waals surface area contributed by atoms with Crippen molar-refractivity contribution < 1.29 is 14.6 Å². The van der Waals surface area contributed by atoms with Crippen molar-refractivity contribution in [1.29, 1.82) is 0 Å². The lowest BCUT2D eigenvalue weighted by molar-refractivity contribution is -0.142. The van der Waals surface area contributed by atoms with E-state index in [1.54, 1.807) is 0 Å². The first kappa shape index (κ1) is 21.1. The number of hydrogen-bond donors (Lipinski definition) is 2. The van der Waals surface area contributed by atoms with Crippen LogP contribution in [0.25, 0.3) is 0 Å². The van der Waals surface area contributed by atoms with Gasteiger partial charge in [-0.1, -0.05) is 41.9 Å². The first-order chi connectivity index (χ1) is 15.0. The average Bonchev–Trinajstić information content (AvgIpc) is 2.71. The Bertz CT molecular complexity index is 918. The summed E-state index contributed by atoms with van der Waals surface area (Å²) < 4.78 is 11.9. The van der Waals surface area contributed by atoms with E-state index in [4.69, 9.17) is 21.1 Å². The van der Waals surface area contributed by atoms with Crippen LogP contribution >= 0.6 is 11.6 Å². The summed E-state index contributed by atoms with van der Waals surface area (Å²) in [6, 6.07) is 14.1. The topological polar surface area (TPSA) is 50.7 Å². The highest BCUT2D eigenvalue weighted by molar-refractivity contribution is 6.32. The number of benzene rings is 2. The lowest BCUT2D eigenvalue weighted by Gasteiger charge is -2.60. The summed E-state index contributed by atoms with van der Waals surface area (Å²) in [5.41, 5.74) is 1.77. The van der Waals surface area contributed by atoms with E-state index in [0.717, 1.165) is 30.4 Å². The number of hydrogen-bond acceptors (Lipinski definition) is 4. The maximum absolute atomic E-state index is 11.0. The molecule has 4 bridgehead atoms. The van der Waals surface area contributed by atoms with Gasteiger partial charge in [-0.2, -0.15) is 0 Å². The van der Waals surface area contributed by atoms with Gasteiger partial charge < -0.3 is 19.9 Å². The summed E-state index contributed by atoms with van der Waals surface area (Å²) >= 11 is 6.64. The van der Waals surface area contributed by atoms with E-state index in [1.807, 2.05) is 49.4 Å². The number of aliphatic hydroxyl groups is 1. The quantitative estimate of drug-likeness (QED) is 0.568. The van der Waals surface area contributed by atoms with E-state index in [1.165, 1.54) is 19.3 Å². The van der Waals surface area contributed by atoms with Gasteiger partial charge in [0.15, 0.2) is 11.5 Å². The van der Waals surface area contributed by atoms with Crippen molar-refractivity contribution in [2.75, 3.05) is 6.61 Å². The summed E-state index contributed by atoms with van der Waals surface area (Å²) in [7, 11) is 0. The molecule has 0 saturated heterocycles. The fraction of sp³-hybridized carbons (Fsp3) is 0.538. The highest BCUT2D eigenvalue weighted by atomic mass is 35.5. The molecule has 166 valence electrons. The van der Waals surface area contributed by atoms with Crippen molar-refractivity contribution >= 4 is 11.6 Å². The van der Waals surface area contributed by atoms with Crippen molar-refractivity contribution in [1.82, 2.24) is 5.32 Å². The Morgan fingerprint density at radius 2 is 1.77 bits per heavy atom. The summed E-state index contributed by atoms with van der Waals surface area (Å²) in [5.74, 6) is 2.61. The number of rotatable bonds is 8. The minimum atomic E-state index is -0.458. The predicted octanol–water partition coefficient (Wildman–Crippen LogP) is 5.49. The smallest absolute Gasteiger partial charge is 0.180 e. The molecular formula is C26H32ClNO3. The van der Waals surface area contributed by atoms with Crippen molar-refractivity contribution in [2.24, 2.45) is 11.8 Å². The highest BCUT2D eigenvalue weighted by Crippen LogP contribution is 2.57. The first-order valence-corrected chi connectivity index (χ1v) is 11.9. The van der Waals surface area contributed by atoms with Crippen LogP contribution in [0.15, 0.2) is 42.5 Å². The Morgan fingerprint density at radius 3 is 2.45 bits per heavy atom. The molecule has 2 unspecified atom stereocenters. The highest BCUT2D eigenvalue weighted by Gasteiger charge is 2.56. The third-order valence-corrected chi connectivity index (χ3v) is 7.57. The van der Waals surface area contributed by atoms with Crippen molar-refractivity contribution in [2.45, 2.75) is 69.7 Å². The third kappa shape index (κ3) is 4.44. The standard InChI is InChI=1S/C26H32ClNO3/c1-2-30-23-10-19(9-22(27)24(23)31-16-18-6-4-3-5-7-18)15-28-25-11-20-8-21(12-25)14-26(29,13-20)17-25/h3-7,9-10,20-21,28-29H,2,8,11-17H2,1H3. The molecule has 6 rings (SSSR count). The van der Waals surface area contributed by atoms with E-state index < -0.39 is 5.60 Å². The molecule has 2 aromatic rings. The Balaban J connectivity index is 1.31. The maximum Gasteiger partial charge on any atom is 0.180 e. The zero-order valence-corrected chi connectivity index (χ0v) is 19.0. The van der Waals surface area contributed by atoms with E-state index in [0.29, 0.717) is 48.1 Å². The lowest BCUT2D eigenvalue weighted by atomic mass is 9.51. The van der Waals surface area contributed by atoms with Gasteiger partial charge in [-0.05, 0) is 80.5 Å². The second-order valence-corrected chi connectivity index (χ2v) is 10.3. The van der Waals surface area contributed by atoms with E-state index in [2.05, 4.69) is 5.32 Å². The SMILES string of the molecule is CCOc1cc(CNC23CC4CC(CC(O)(C4)C2)C3)cc(Cl)c1OCc1ccccc1. The van der Waals surface area contributed by atoms with Crippen molar-refractivity contribution in [3.8, 4) is 11.5 Å². The van der Waals surface area contributed by atoms with Gasteiger partial charge in [0.1, 0.15) is 6.61 Å². The second kappa shape index (κ2) is 8.31. The molecule has 0 radical (unpaired) electrons. The average molecular weight is 442 g/mol. The van der Waals surface area contributed by atoms with E-state index in [9.17, 15) is 5.11 Å². The summed E-state index contributed by atoms with van der Waals surface area (Å²) in [4.78, 5) is 0. The zero-order valence-electron chi connectivity index (χ0n) is 18.2. The van der Waals surface area contributed by atoms with Gasteiger partial charge in [0.2, 0.25) is 0 Å². The predicted molar refractivity (Wildman–Crippen MR) is 123 cm³/mol. The maximum atomic E-state index is 11.0. The van der Waals surface area contributed by atoms with Gasteiger partial charge in [0.25, 0.3) is 0 Å². The molecule has 4 nitrogen and oxygen atoms in total. The zero-order chi connectivity index (χ0) is 21.5. The molecule has 2 N–H and O–H groups in total. The molecule has 4 aliphatic carbocycles. The van der Waals surface area contributed by atoms with Gasteiger partial charge in [0.05, 0.1) is 17.2 Å². The van der Waals surface area contributed by atoms with Crippen LogP contribution in [-0.4, -0.2) is 22.9 Å². The van der Waals surface area contributed by atoms with Crippen LogP contribution < -0.4 is 14.8 Å². The van der Waals surface area contributed by atoms with Gasteiger partial charge in [-0.3, -0.25) is 0 Å². The minimum absolute atomic E-state index is 0.0551. The van der Waals surface area contributed by atoms with Gasteiger partial charge in [0, 0.05) is 12.1 Å². The number of halogens is 1. The molecular weight excluding hydrogens is 410 g/mol. The minimum Gasteiger partial charge on any atom is -0.490 e. The van der Waals surface area contributed by atoms with Crippen LogP contribution in [-0.2, 0) is 13.2 Å². The third-order valence-electron chi connectivity index (χ3n) is 7.29. The van der Waals surface area contributed by atoms with Gasteiger partial charge in [-0.25, -0.2) is 0 Å². The molecule has 5 heteroatoms. The van der Waals surface area contributed by atoms with Crippen molar-refractivity contribution in [3.63, 3.8) is 0 Å². The Labute approximate surface area is 189 Å². The molecule has 4 saturated carbocycles. The van der Waals surface area contributed by atoms with Crippen LogP contribution in [0.1, 0.15) is 56.6 Å². The second-order valence-electron chi connectivity index (χ2n) is 9.93. The Morgan fingerprint density at radius 1 is 1.03 bits per heavy atom. The first-order valence-electron chi connectivity index (χ1n) is 11.6. The molecule has 2 aromatic carbocycles. The molecule has 0 aromatic heterocycles. The fourth-order valence-corrected chi connectivity index (χ4v) is 6.85. The summed E-state index contributed by atoms with van der Waals surface area (Å²) in [6.07, 6.45) is 6.49. The van der Waals surface area contributed by atoms with Crippen LogP contribution in [0.3, 0.4) is 0 Å². The molecule has 2 atom stereocenters. The summed E-state index contributed by atoms with van der Waals surface area (Å²) in [6.45, 7) is 3.68. The molecule has 4 aliphatic rings. The van der Waals surface area contributed by atoms with Crippen LogP contribution in [0.2, 0.25) is 5.02 Å². The molecule has 0 aliphatic heterocycles. The van der Waals surface area contributed by atoms with Crippen LogP contribution in [0.4, 0.5) is 0 Å². The Kier molecular flexibility index (Phi) is 5.66. The van der Waals surface area contributed by atoms with Crippen LogP contribution in [0.5, 0.6) is 11.5 Å². The van der Waals surface area contributed by atoms with Crippen molar-refractivity contribution in [3.05, 3.63) is 58.6 Å². The number of nitrogens with one attached hydrogen (secondary N) is 1. The van der Waals surface area contributed by atoms with E-state index in [-0.39, 0.29) is 5.54 Å². The monoisotopic (exact) mass is 441 g/mol. The molecule has 31 heavy (non-hydrogen) atoms. The fourth-order valence-electron chi connectivity index (χ4n) is 6.57. The largest absolute Gasteiger partial charge is 0.490 e. The molecule has 0 heterocycles. The summed E-state index contributed by atoms with van der Waals surface area (Å²) in [5, 5.41) is 15.4. The van der Waals surface area contributed by atoms with Crippen LogP contribution in [0, 0.1) is 11.8 Å².